The van der Waals surface area contributed by atoms with Gasteiger partial charge >= 0.3 is 12.1 Å². The molecule has 0 aliphatic carbocycles. The summed E-state index contributed by atoms with van der Waals surface area (Å²) >= 11 is 11.0. The molecule has 3 nitrogen and oxygen atoms in total. The quantitative estimate of drug-likeness (QED) is 0.563. The van der Waals surface area contributed by atoms with E-state index >= 15 is 0 Å². The lowest BCUT2D eigenvalue weighted by molar-refractivity contribution is -0.145. The van der Waals surface area contributed by atoms with Gasteiger partial charge in [-0.1, -0.05) is 18.0 Å². The van der Waals surface area contributed by atoms with Gasteiger partial charge in [-0.05, 0) is 71.2 Å². The first-order valence-corrected chi connectivity index (χ1v) is 10.3. The lowest BCUT2D eigenvalue weighted by atomic mass is 9.94. The highest BCUT2D eigenvalue weighted by Gasteiger charge is 2.38. The van der Waals surface area contributed by atoms with Crippen molar-refractivity contribution in [1.82, 2.24) is 4.90 Å². The van der Waals surface area contributed by atoms with Crippen LogP contribution in [0.15, 0.2) is 34.1 Å². The van der Waals surface area contributed by atoms with Crippen molar-refractivity contribution in [3.05, 3.63) is 55.1 Å². The third-order valence-electron chi connectivity index (χ3n) is 4.64. The molecule has 1 saturated heterocycles. The van der Waals surface area contributed by atoms with Crippen LogP contribution < -0.4 is 0 Å². The van der Waals surface area contributed by atoms with E-state index in [0.29, 0.717) is 13.0 Å². The summed E-state index contributed by atoms with van der Waals surface area (Å²) in [7, 11) is 0. The van der Waals surface area contributed by atoms with Gasteiger partial charge < -0.3 is 5.11 Å². The van der Waals surface area contributed by atoms with Crippen LogP contribution in [0.5, 0.6) is 0 Å². The number of halogens is 5. The predicted octanol–water partition coefficient (Wildman–Crippen LogP) is 6.21. The maximum absolute atomic E-state index is 13.3. The van der Waals surface area contributed by atoms with Gasteiger partial charge in [0.2, 0.25) is 0 Å². The smallest absolute Gasteiger partial charge is 0.416 e. The highest BCUT2D eigenvalue weighted by atomic mass is 79.9. The first kappa shape index (κ1) is 20.6. The van der Waals surface area contributed by atoms with Gasteiger partial charge in [0.15, 0.2) is 0 Å². The SMILES string of the molecule is O=C(O)C1CCCCN1C(c1ccc(Br)s1)c1cc(C(F)(F)F)ccc1Cl. The van der Waals surface area contributed by atoms with E-state index in [1.54, 1.807) is 17.0 Å². The third kappa shape index (κ3) is 4.50. The van der Waals surface area contributed by atoms with Gasteiger partial charge in [-0.15, -0.1) is 11.3 Å². The molecule has 2 atom stereocenters. The number of aliphatic carboxylic acids is 1. The maximum atomic E-state index is 13.3. The molecule has 27 heavy (non-hydrogen) atoms. The zero-order valence-corrected chi connectivity index (χ0v) is 17.1. The van der Waals surface area contributed by atoms with Crippen molar-refractivity contribution in [2.75, 3.05) is 6.54 Å². The maximum Gasteiger partial charge on any atom is 0.416 e. The number of alkyl halides is 3. The molecule has 1 aliphatic rings. The molecule has 1 N–H and O–H groups in total. The molecule has 0 amide bonds. The number of likely N-dealkylation sites (tertiary alicyclic amines) is 1. The fourth-order valence-electron chi connectivity index (χ4n) is 3.43. The number of benzene rings is 1. The highest BCUT2D eigenvalue weighted by Crippen LogP contribution is 2.43. The van der Waals surface area contributed by atoms with Crippen LogP contribution in [-0.4, -0.2) is 28.6 Å². The number of carboxylic acid groups (broad SMARTS) is 1. The van der Waals surface area contributed by atoms with Crippen LogP contribution in [0.25, 0.3) is 0 Å². The molecule has 1 aromatic carbocycles. The van der Waals surface area contributed by atoms with Crippen molar-refractivity contribution in [3.8, 4) is 0 Å². The van der Waals surface area contributed by atoms with Crippen molar-refractivity contribution in [2.24, 2.45) is 0 Å². The Morgan fingerprint density at radius 3 is 2.63 bits per heavy atom. The van der Waals surface area contributed by atoms with Crippen molar-refractivity contribution in [2.45, 2.75) is 37.5 Å². The lowest BCUT2D eigenvalue weighted by Crippen LogP contribution is -2.46. The Balaban J connectivity index is 2.15. The van der Waals surface area contributed by atoms with Gasteiger partial charge in [0.25, 0.3) is 0 Å². The first-order valence-electron chi connectivity index (χ1n) is 8.29. The van der Waals surface area contributed by atoms with Gasteiger partial charge in [-0.3, -0.25) is 9.69 Å². The number of nitrogens with zero attached hydrogens (tertiary/aromatic N) is 1. The van der Waals surface area contributed by atoms with Crippen LogP contribution in [-0.2, 0) is 11.0 Å². The van der Waals surface area contributed by atoms with Crippen LogP contribution in [0, 0.1) is 0 Å². The van der Waals surface area contributed by atoms with E-state index in [1.165, 1.54) is 17.4 Å². The lowest BCUT2D eigenvalue weighted by Gasteiger charge is -2.39. The Morgan fingerprint density at radius 2 is 2.04 bits per heavy atom. The van der Waals surface area contributed by atoms with Gasteiger partial charge in [0.05, 0.1) is 15.4 Å². The average molecular weight is 483 g/mol. The second-order valence-corrected chi connectivity index (χ2v) is 9.27. The van der Waals surface area contributed by atoms with Gasteiger partial charge in [0.1, 0.15) is 6.04 Å². The van der Waals surface area contributed by atoms with Gasteiger partial charge in [-0.2, -0.15) is 13.2 Å². The number of piperidine rings is 1. The van der Waals surface area contributed by atoms with Gasteiger partial charge in [-0.25, -0.2) is 0 Å². The Bertz CT molecular complexity index is 842. The number of thiophene rings is 1. The largest absolute Gasteiger partial charge is 0.480 e. The molecule has 1 fully saturated rings. The molecule has 1 aromatic heterocycles. The van der Waals surface area contributed by atoms with E-state index < -0.39 is 29.8 Å². The summed E-state index contributed by atoms with van der Waals surface area (Å²) < 4.78 is 40.6. The standard InChI is InChI=1S/C18H16BrClF3NO2S/c19-15-7-6-14(27-15)16(24-8-2-1-3-13(24)17(25)26)11-9-10(18(21,22)23)4-5-12(11)20/h4-7,9,13,16H,1-3,8H2,(H,25,26). The van der Waals surface area contributed by atoms with E-state index in [-0.39, 0.29) is 10.6 Å². The molecule has 0 bridgehead atoms. The van der Waals surface area contributed by atoms with E-state index in [0.717, 1.165) is 33.6 Å². The zero-order valence-electron chi connectivity index (χ0n) is 14.0. The highest BCUT2D eigenvalue weighted by molar-refractivity contribution is 9.11. The minimum Gasteiger partial charge on any atom is -0.480 e. The molecule has 1 aliphatic heterocycles. The molecule has 0 spiro atoms. The summed E-state index contributed by atoms with van der Waals surface area (Å²) in [6.07, 6.45) is -2.50. The molecule has 9 heteroatoms. The van der Waals surface area contributed by atoms with E-state index in [4.69, 9.17) is 11.6 Å². The molecule has 2 heterocycles. The Hall–Kier alpha value is -1.09. The van der Waals surface area contributed by atoms with Crippen molar-refractivity contribution >= 4 is 44.8 Å². The van der Waals surface area contributed by atoms with Crippen LogP contribution in [0.4, 0.5) is 13.2 Å². The van der Waals surface area contributed by atoms with E-state index in [2.05, 4.69) is 15.9 Å². The monoisotopic (exact) mass is 481 g/mol. The number of carboxylic acids is 1. The fraction of sp³-hybridized carbons (Fsp3) is 0.389. The first-order chi connectivity index (χ1) is 12.7. The Morgan fingerprint density at radius 1 is 1.30 bits per heavy atom. The summed E-state index contributed by atoms with van der Waals surface area (Å²) in [5.74, 6) is -0.974. The minimum atomic E-state index is -4.51. The second kappa shape index (κ2) is 8.11. The van der Waals surface area contributed by atoms with E-state index in [1.807, 2.05) is 0 Å². The van der Waals surface area contributed by atoms with Gasteiger partial charge in [0, 0.05) is 9.90 Å². The van der Waals surface area contributed by atoms with Crippen LogP contribution in [0.3, 0.4) is 0 Å². The number of hydrogen-bond donors (Lipinski definition) is 1. The van der Waals surface area contributed by atoms with Crippen molar-refractivity contribution in [1.29, 1.82) is 0 Å². The molecule has 2 aromatic rings. The predicted molar refractivity (Wildman–Crippen MR) is 102 cm³/mol. The molecule has 2 unspecified atom stereocenters. The molecule has 0 saturated carbocycles. The second-order valence-electron chi connectivity index (χ2n) is 6.37. The van der Waals surface area contributed by atoms with Crippen molar-refractivity contribution < 1.29 is 23.1 Å². The summed E-state index contributed by atoms with van der Waals surface area (Å²) in [4.78, 5) is 14.3. The zero-order chi connectivity index (χ0) is 19.8. The molecular formula is C18H16BrClF3NO2S. The number of rotatable bonds is 4. The molecular weight excluding hydrogens is 467 g/mol. The van der Waals surface area contributed by atoms with Crippen LogP contribution in [0.1, 0.15) is 41.3 Å². The van der Waals surface area contributed by atoms with Crippen molar-refractivity contribution in [3.63, 3.8) is 0 Å². The Labute approximate surface area is 171 Å². The summed E-state index contributed by atoms with van der Waals surface area (Å²) in [5.41, 5.74) is -0.527. The minimum absolute atomic E-state index is 0.187. The molecule has 3 rings (SSSR count). The molecule has 146 valence electrons. The average Bonchev–Trinajstić information content (AvgIpc) is 3.02. The number of hydrogen-bond acceptors (Lipinski definition) is 3. The fourth-order valence-corrected chi connectivity index (χ4v) is 5.21. The van der Waals surface area contributed by atoms with Crippen LogP contribution >= 0.6 is 38.9 Å². The summed E-state index contributed by atoms with van der Waals surface area (Å²) in [5, 5.41) is 9.84. The number of carbonyl (C=O) groups is 1. The normalized spacial score (nSPS) is 19.8. The van der Waals surface area contributed by atoms with E-state index in [9.17, 15) is 23.1 Å². The summed E-state index contributed by atoms with van der Waals surface area (Å²) in [6, 6.07) is 5.38. The molecule has 0 radical (unpaired) electrons. The Kier molecular flexibility index (Phi) is 6.20. The third-order valence-corrected chi connectivity index (χ3v) is 6.66. The van der Waals surface area contributed by atoms with Crippen LogP contribution in [0.2, 0.25) is 5.02 Å². The topological polar surface area (TPSA) is 40.5 Å². The summed E-state index contributed by atoms with van der Waals surface area (Å²) in [6.45, 7) is 0.476.